The molecule has 0 fully saturated rings. The highest BCUT2D eigenvalue weighted by atomic mass is 16.5. The van der Waals surface area contributed by atoms with E-state index in [0.717, 1.165) is 0 Å². The van der Waals surface area contributed by atoms with Gasteiger partial charge in [0.15, 0.2) is 11.6 Å². The molecule has 1 aliphatic rings. The van der Waals surface area contributed by atoms with Gasteiger partial charge >= 0.3 is 5.97 Å². The first-order chi connectivity index (χ1) is 10.8. The third-order valence-electron chi connectivity index (χ3n) is 3.85. The maximum Gasteiger partial charge on any atom is 0.308 e. The van der Waals surface area contributed by atoms with Gasteiger partial charge in [0.25, 0.3) is 5.56 Å². The summed E-state index contributed by atoms with van der Waals surface area (Å²) in [4.78, 5) is 51.4. The van der Waals surface area contributed by atoms with Crippen LogP contribution in [0.2, 0.25) is 0 Å². The van der Waals surface area contributed by atoms with Crippen LogP contribution < -0.4 is 10.3 Å². The Bertz CT molecular complexity index is 952. The van der Waals surface area contributed by atoms with Gasteiger partial charge in [0, 0.05) is 29.3 Å². The molecule has 3 rings (SSSR count). The number of ether oxygens (including phenoxy) is 1. The van der Waals surface area contributed by atoms with Crippen molar-refractivity contribution in [1.29, 1.82) is 0 Å². The molecule has 1 N–H and O–H groups in total. The van der Waals surface area contributed by atoms with E-state index in [1.165, 1.54) is 26.0 Å². The highest BCUT2D eigenvalue weighted by Gasteiger charge is 2.35. The number of aromatic amines is 1. The fourth-order valence-electron chi connectivity index (χ4n) is 2.84. The molecule has 0 atom stereocenters. The number of H-pyrrole nitrogens is 1. The third-order valence-corrected chi connectivity index (χ3v) is 3.85. The zero-order chi connectivity index (χ0) is 16.9. The van der Waals surface area contributed by atoms with Gasteiger partial charge in [0.1, 0.15) is 5.75 Å². The van der Waals surface area contributed by atoms with E-state index in [4.69, 9.17) is 4.74 Å². The van der Waals surface area contributed by atoms with Crippen molar-refractivity contribution in [3.8, 4) is 5.75 Å². The van der Waals surface area contributed by atoms with E-state index in [2.05, 4.69) is 4.98 Å². The van der Waals surface area contributed by atoms with Crippen molar-refractivity contribution in [3.63, 3.8) is 0 Å². The molecule has 2 aromatic rings. The lowest BCUT2D eigenvalue weighted by molar-refractivity contribution is -0.131. The van der Waals surface area contributed by atoms with Gasteiger partial charge in [-0.15, -0.1) is 0 Å². The first-order valence-corrected chi connectivity index (χ1v) is 6.97. The van der Waals surface area contributed by atoms with Gasteiger partial charge in [-0.3, -0.25) is 19.2 Å². The molecular formula is C17H13NO5. The molecule has 0 saturated carbocycles. The topological polar surface area (TPSA) is 93.3 Å². The molecule has 0 spiro atoms. The van der Waals surface area contributed by atoms with Crippen molar-refractivity contribution in [2.75, 3.05) is 0 Å². The van der Waals surface area contributed by atoms with Gasteiger partial charge in [-0.2, -0.15) is 0 Å². The van der Waals surface area contributed by atoms with Crippen LogP contribution in [0.1, 0.15) is 50.0 Å². The smallest absolute Gasteiger partial charge is 0.308 e. The number of benzene rings is 1. The van der Waals surface area contributed by atoms with Gasteiger partial charge in [-0.1, -0.05) is 12.1 Å². The van der Waals surface area contributed by atoms with E-state index in [0.29, 0.717) is 5.69 Å². The lowest BCUT2D eigenvalue weighted by atomic mass is 9.81. The summed E-state index contributed by atoms with van der Waals surface area (Å²) in [6.07, 6.45) is 0. The van der Waals surface area contributed by atoms with Crippen molar-refractivity contribution in [2.24, 2.45) is 0 Å². The molecule has 23 heavy (non-hydrogen) atoms. The second-order valence-corrected chi connectivity index (χ2v) is 5.38. The lowest BCUT2D eigenvalue weighted by Gasteiger charge is -2.21. The summed E-state index contributed by atoms with van der Waals surface area (Å²) < 4.78 is 5.05. The Hall–Kier alpha value is -3.02. The summed E-state index contributed by atoms with van der Waals surface area (Å²) in [5.41, 5.74) is 0.549. The van der Waals surface area contributed by atoms with Crippen LogP contribution in [-0.4, -0.2) is 22.5 Å². The summed E-state index contributed by atoms with van der Waals surface area (Å²) in [6, 6.07) is 4.50. The fraction of sp³-hybridized carbons (Fsp3) is 0.176. The van der Waals surface area contributed by atoms with Crippen molar-refractivity contribution < 1.29 is 19.1 Å². The number of nitrogens with one attached hydrogen (secondary N) is 1. The lowest BCUT2D eigenvalue weighted by Crippen LogP contribution is -2.29. The quantitative estimate of drug-likeness (QED) is 0.545. The number of hydrogen-bond acceptors (Lipinski definition) is 5. The zero-order valence-electron chi connectivity index (χ0n) is 12.8. The SMILES string of the molecule is CC(=O)Oc1cccc2c1C(=O)c1c(c(C)[nH]c(=O)c1C)C2=O. The Kier molecular flexibility index (Phi) is 3.25. The second kappa shape index (κ2) is 5.01. The maximum atomic E-state index is 12.9. The first kappa shape index (κ1) is 14.9. The van der Waals surface area contributed by atoms with Crippen LogP contribution in [0.5, 0.6) is 5.75 Å². The molecule has 1 aromatic heterocycles. The summed E-state index contributed by atoms with van der Waals surface area (Å²) in [5.74, 6) is -1.43. The van der Waals surface area contributed by atoms with Gasteiger partial charge in [0.2, 0.25) is 0 Å². The number of ketones is 2. The van der Waals surface area contributed by atoms with Crippen LogP contribution in [0.25, 0.3) is 0 Å². The average molecular weight is 311 g/mol. The Morgan fingerprint density at radius 2 is 1.70 bits per heavy atom. The minimum Gasteiger partial charge on any atom is -0.426 e. The molecular weight excluding hydrogens is 298 g/mol. The van der Waals surface area contributed by atoms with Crippen LogP contribution >= 0.6 is 0 Å². The van der Waals surface area contributed by atoms with Crippen molar-refractivity contribution in [3.05, 3.63) is 62.1 Å². The Morgan fingerprint density at radius 1 is 1.00 bits per heavy atom. The van der Waals surface area contributed by atoms with E-state index < -0.39 is 17.3 Å². The number of carbonyl (C=O) groups excluding carboxylic acids is 3. The third kappa shape index (κ3) is 2.11. The minimum absolute atomic E-state index is 0.0216. The number of aromatic nitrogens is 1. The van der Waals surface area contributed by atoms with Crippen LogP contribution in [0.4, 0.5) is 0 Å². The number of rotatable bonds is 1. The molecule has 1 aromatic carbocycles. The molecule has 0 saturated heterocycles. The molecule has 116 valence electrons. The fourth-order valence-corrected chi connectivity index (χ4v) is 2.84. The Morgan fingerprint density at radius 3 is 2.35 bits per heavy atom. The number of hydrogen-bond donors (Lipinski definition) is 1. The summed E-state index contributed by atoms with van der Waals surface area (Å²) in [5, 5.41) is 0. The molecule has 0 aliphatic heterocycles. The highest BCUT2D eigenvalue weighted by Crippen LogP contribution is 2.34. The molecule has 0 radical (unpaired) electrons. The van der Waals surface area contributed by atoms with Crippen molar-refractivity contribution in [1.82, 2.24) is 4.98 Å². The summed E-state index contributed by atoms with van der Waals surface area (Å²) in [7, 11) is 0. The van der Waals surface area contributed by atoms with Crippen molar-refractivity contribution >= 4 is 17.5 Å². The van der Waals surface area contributed by atoms with Crippen molar-refractivity contribution in [2.45, 2.75) is 20.8 Å². The van der Waals surface area contributed by atoms with Crippen LogP contribution in [-0.2, 0) is 4.79 Å². The van der Waals surface area contributed by atoms with Crippen LogP contribution in [0.3, 0.4) is 0 Å². The summed E-state index contributed by atoms with van der Waals surface area (Å²) in [6.45, 7) is 4.27. The minimum atomic E-state index is -0.594. The van der Waals surface area contributed by atoms with E-state index in [9.17, 15) is 19.2 Å². The van der Waals surface area contributed by atoms with Gasteiger partial charge in [-0.05, 0) is 19.9 Å². The molecule has 6 nitrogen and oxygen atoms in total. The number of fused-ring (bicyclic) bond motifs is 2. The number of pyridine rings is 1. The number of aryl methyl sites for hydroxylation is 1. The van der Waals surface area contributed by atoms with Crippen LogP contribution in [0, 0.1) is 13.8 Å². The average Bonchev–Trinajstić information content (AvgIpc) is 2.47. The summed E-state index contributed by atoms with van der Waals surface area (Å²) >= 11 is 0. The zero-order valence-corrected chi connectivity index (χ0v) is 12.8. The van der Waals surface area contributed by atoms with Gasteiger partial charge < -0.3 is 9.72 Å². The highest BCUT2D eigenvalue weighted by molar-refractivity contribution is 6.30. The largest absolute Gasteiger partial charge is 0.426 e. The molecule has 1 heterocycles. The standard InChI is InChI=1S/C17H13NO5/c1-7-12-13(8(2)18-17(7)22)15(20)10-5-4-6-11(23-9(3)19)14(10)16(12)21/h4-6H,1-3H3,(H,18,22). The van der Waals surface area contributed by atoms with E-state index >= 15 is 0 Å². The van der Waals surface area contributed by atoms with E-state index in [1.807, 2.05) is 0 Å². The second-order valence-electron chi connectivity index (χ2n) is 5.38. The maximum absolute atomic E-state index is 12.9. The van der Waals surface area contributed by atoms with Crippen LogP contribution in [0.15, 0.2) is 23.0 Å². The molecule has 6 heteroatoms. The first-order valence-electron chi connectivity index (χ1n) is 6.97. The van der Waals surface area contributed by atoms with Gasteiger partial charge in [0.05, 0.1) is 11.1 Å². The Labute approximate surface area is 131 Å². The molecule has 1 aliphatic carbocycles. The van der Waals surface area contributed by atoms with E-state index in [1.54, 1.807) is 13.0 Å². The predicted molar refractivity (Wildman–Crippen MR) is 81.2 cm³/mol. The monoisotopic (exact) mass is 311 g/mol. The molecule has 0 bridgehead atoms. The number of carbonyl (C=O) groups is 3. The Balaban J connectivity index is 2.37. The van der Waals surface area contributed by atoms with E-state index in [-0.39, 0.29) is 39.4 Å². The predicted octanol–water partition coefficient (Wildman–Crippen LogP) is 1.69. The normalized spacial score (nSPS) is 12.7. The molecule has 0 amide bonds. The van der Waals surface area contributed by atoms with Gasteiger partial charge in [-0.25, -0.2) is 0 Å². The molecule has 0 unspecified atom stereocenters. The number of esters is 1.